The lowest BCUT2D eigenvalue weighted by molar-refractivity contribution is 0.173. The van der Waals surface area contributed by atoms with E-state index in [-0.39, 0.29) is 0 Å². The highest BCUT2D eigenvalue weighted by atomic mass is 16.7. The molecule has 0 spiro atoms. The lowest BCUT2D eigenvalue weighted by Gasteiger charge is -2.11. The Hall–Kier alpha value is -1.18. The fourth-order valence-electron chi connectivity index (χ4n) is 1.75. The predicted molar refractivity (Wildman–Crippen MR) is 51.4 cm³/mol. The minimum Gasteiger partial charge on any atom is -0.454 e. The minimum atomic E-state index is 0.359. The third-order valence-corrected chi connectivity index (χ3v) is 2.45. The highest BCUT2D eigenvalue weighted by Gasteiger charge is 2.18. The molecule has 1 aromatic rings. The highest BCUT2D eigenvalue weighted by molar-refractivity contribution is 5.52. The van der Waals surface area contributed by atoms with Gasteiger partial charge in [0.2, 0.25) is 6.79 Å². The van der Waals surface area contributed by atoms with Crippen LogP contribution < -0.4 is 9.47 Å². The number of hydrogen-bond acceptors (Lipinski definition) is 2. The van der Waals surface area contributed by atoms with Crippen LogP contribution in [0.1, 0.15) is 30.9 Å². The third-order valence-electron chi connectivity index (χ3n) is 2.45. The van der Waals surface area contributed by atoms with E-state index in [0.29, 0.717) is 12.7 Å². The lowest BCUT2D eigenvalue weighted by atomic mass is 9.97. The molecule has 0 aromatic heterocycles. The maximum absolute atomic E-state index is 5.40. The Bertz CT molecular complexity index is 329. The largest absolute Gasteiger partial charge is 0.454 e. The van der Waals surface area contributed by atoms with Crippen LogP contribution in [0.4, 0.5) is 0 Å². The SMILES string of the molecule is Cc1c(C(C)C)ccc2c1OCO2. The fraction of sp³-hybridized carbons (Fsp3) is 0.455. The number of benzene rings is 1. The van der Waals surface area contributed by atoms with Crippen LogP contribution in [-0.2, 0) is 0 Å². The van der Waals surface area contributed by atoms with E-state index < -0.39 is 0 Å². The summed E-state index contributed by atoms with van der Waals surface area (Å²) in [5.74, 6) is 2.34. The minimum absolute atomic E-state index is 0.359. The van der Waals surface area contributed by atoms with Gasteiger partial charge in [-0.1, -0.05) is 19.9 Å². The second kappa shape index (κ2) is 2.95. The quantitative estimate of drug-likeness (QED) is 0.658. The van der Waals surface area contributed by atoms with E-state index in [1.807, 2.05) is 6.07 Å². The van der Waals surface area contributed by atoms with Gasteiger partial charge in [-0.05, 0) is 30.0 Å². The molecule has 1 aliphatic rings. The first-order valence-electron chi connectivity index (χ1n) is 4.59. The first-order chi connectivity index (χ1) is 6.20. The van der Waals surface area contributed by atoms with Crippen molar-refractivity contribution >= 4 is 0 Å². The normalized spacial score (nSPS) is 13.8. The van der Waals surface area contributed by atoms with Crippen LogP contribution in [0.3, 0.4) is 0 Å². The van der Waals surface area contributed by atoms with Crippen LogP contribution in [0.15, 0.2) is 12.1 Å². The van der Waals surface area contributed by atoms with E-state index >= 15 is 0 Å². The van der Waals surface area contributed by atoms with Crippen molar-refractivity contribution in [2.75, 3.05) is 6.79 Å². The maximum atomic E-state index is 5.40. The van der Waals surface area contributed by atoms with Gasteiger partial charge in [0.1, 0.15) is 0 Å². The summed E-state index contributed by atoms with van der Waals surface area (Å²) in [4.78, 5) is 0. The van der Waals surface area contributed by atoms with Gasteiger partial charge in [0, 0.05) is 0 Å². The van der Waals surface area contributed by atoms with Gasteiger partial charge in [-0.15, -0.1) is 0 Å². The Balaban J connectivity index is 2.52. The zero-order chi connectivity index (χ0) is 9.42. The highest BCUT2D eigenvalue weighted by Crippen LogP contribution is 2.38. The summed E-state index contributed by atoms with van der Waals surface area (Å²) in [6, 6.07) is 4.11. The van der Waals surface area contributed by atoms with Crippen molar-refractivity contribution in [3.63, 3.8) is 0 Å². The molecule has 1 aliphatic heterocycles. The number of ether oxygens (including phenoxy) is 2. The summed E-state index contributed by atoms with van der Waals surface area (Å²) in [6.45, 7) is 6.82. The zero-order valence-electron chi connectivity index (χ0n) is 8.26. The lowest BCUT2D eigenvalue weighted by Crippen LogP contribution is -1.95. The molecule has 0 amide bonds. The van der Waals surface area contributed by atoms with Crippen molar-refractivity contribution in [3.05, 3.63) is 23.3 Å². The van der Waals surface area contributed by atoms with Crippen LogP contribution in [0.2, 0.25) is 0 Å². The summed E-state index contributed by atoms with van der Waals surface area (Å²) in [6.07, 6.45) is 0. The van der Waals surface area contributed by atoms with Crippen LogP contribution in [0.5, 0.6) is 11.5 Å². The van der Waals surface area contributed by atoms with E-state index in [1.54, 1.807) is 0 Å². The van der Waals surface area contributed by atoms with Crippen molar-refractivity contribution in [1.29, 1.82) is 0 Å². The van der Waals surface area contributed by atoms with Crippen LogP contribution >= 0.6 is 0 Å². The number of hydrogen-bond donors (Lipinski definition) is 0. The predicted octanol–water partition coefficient (Wildman–Crippen LogP) is 2.85. The molecule has 0 saturated heterocycles. The first kappa shape index (κ1) is 8.42. The van der Waals surface area contributed by atoms with Crippen LogP contribution in [0, 0.1) is 6.92 Å². The van der Waals surface area contributed by atoms with Gasteiger partial charge in [0.25, 0.3) is 0 Å². The molecule has 0 radical (unpaired) electrons. The molecule has 0 N–H and O–H groups in total. The topological polar surface area (TPSA) is 18.5 Å². The van der Waals surface area contributed by atoms with E-state index in [2.05, 4.69) is 26.8 Å². The maximum Gasteiger partial charge on any atom is 0.231 e. The Morgan fingerprint density at radius 1 is 1.23 bits per heavy atom. The molecule has 0 atom stereocenters. The number of fused-ring (bicyclic) bond motifs is 1. The third kappa shape index (κ3) is 1.26. The van der Waals surface area contributed by atoms with E-state index in [4.69, 9.17) is 9.47 Å². The van der Waals surface area contributed by atoms with E-state index in [0.717, 1.165) is 11.5 Å². The second-order valence-corrected chi connectivity index (χ2v) is 3.67. The van der Waals surface area contributed by atoms with Gasteiger partial charge in [0.05, 0.1) is 0 Å². The average molecular weight is 178 g/mol. The molecule has 0 fully saturated rings. The standard InChI is InChI=1S/C11H14O2/c1-7(2)9-4-5-10-11(8(9)3)13-6-12-10/h4-5,7H,6H2,1-3H3. The van der Waals surface area contributed by atoms with Gasteiger partial charge in [-0.3, -0.25) is 0 Å². The van der Waals surface area contributed by atoms with Gasteiger partial charge < -0.3 is 9.47 Å². The number of rotatable bonds is 1. The van der Waals surface area contributed by atoms with E-state index in [1.165, 1.54) is 11.1 Å². The van der Waals surface area contributed by atoms with Crippen molar-refractivity contribution in [2.45, 2.75) is 26.7 Å². The molecule has 1 heterocycles. The van der Waals surface area contributed by atoms with Crippen LogP contribution in [0.25, 0.3) is 0 Å². The van der Waals surface area contributed by atoms with Crippen molar-refractivity contribution in [2.24, 2.45) is 0 Å². The molecule has 0 aliphatic carbocycles. The zero-order valence-corrected chi connectivity index (χ0v) is 8.26. The molecule has 1 aromatic carbocycles. The Labute approximate surface area is 78.5 Å². The van der Waals surface area contributed by atoms with Crippen molar-refractivity contribution < 1.29 is 9.47 Å². The fourth-order valence-corrected chi connectivity index (χ4v) is 1.75. The van der Waals surface area contributed by atoms with Gasteiger partial charge >= 0.3 is 0 Å². The Morgan fingerprint density at radius 2 is 2.00 bits per heavy atom. The molecule has 0 bridgehead atoms. The molecule has 70 valence electrons. The van der Waals surface area contributed by atoms with Crippen LogP contribution in [-0.4, -0.2) is 6.79 Å². The molecule has 2 heteroatoms. The molecular weight excluding hydrogens is 164 g/mol. The summed E-state index contributed by atoms with van der Waals surface area (Å²) < 4.78 is 10.7. The summed E-state index contributed by atoms with van der Waals surface area (Å²) in [7, 11) is 0. The Kier molecular flexibility index (Phi) is 1.91. The monoisotopic (exact) mass is 178 g/mol. The van der Waals surface area contributed by atoms with Crippen molar-refractivity contribution in [3.8, 4) is 11.5 Å². The van der Waals surface area contributed by atoms with Gasteiger partial charge in [0.15, 0.2) is 11.5 Å². The van der Waals surface area contributed by atoms with Gasteiger partial charge in [-0.2, -0.15) is 0 Å². The average Bonchev–Trinajstić information content (AvgIpc) is 2.52. The molecule has 2 rings (SSSR count). The molecular formula is C11H14O2. The smallest absolute Gasteiger partial charge is 0.231 e. The second-order valence-electron chi connectivity index (χ2n) is 3.67. The molecule has 13 heavy (non-hydrogen) atoms. The first-order valence-corrected chi connectivity index (χ1v) is 4.59. The van der Waals surface area contributed by atoms with Crippen molar-refractivity contribution in [1.82, 2.24) is 0 Å². The van der Waals surface area contributed by atoms with E-state index in [9.17, 15) is 0 Å². The summed E-state index contributed by atoms with van der Waals surface area (Å²) in [5, 5.41) is 0. The summed E-state index contributed by atoms with van der Waals surface area (Å²) in [5.41, 5.74) is 2.55. The summed E-state index contributed by atoms with van der Waals surface area (Å²) >= 11 is 0. The molecule has 2 nitrogen and oxygen atoms in total. The van der Waals surface area contributed by atoms with Gasteiger partial charge in [-0.25, -0.2) is 0 Å². The Morgan fingerprint density at radius 3 is 2.69 bits per heavy atom. The molecule has 0 saturated carbocycles. The molecule has 0 unspecified atom stereocenters.